The van der Waals surface area contributed by atoms with Crippen molar-refractivity contribution in [2.75, 3.05) is 19.6 Å². The number of carbonyl (C=O) groups excluding carboxylic acids is 1. The van der Waals surface area contributed by atoms with Gasteiger partial charge in [0.2, 0.25) is 5.91 Å². The van der Waals surface area contributed by atoms with Crippen LogP contribution in [0.1, 0.15) is 29.7 Å². The Balaban J connectivity index is 1.41. The van der Waals surface area contributed by atoms with E-state index >= 15 is 0 Å². The third-order valence-electron chi connectivity index (χ3n) is 4.58. The molecule has 5 nitrogen and oxygen atoms in total. The van der Waals surface area contributed by atoms with E-state index in [1.54, 1.807) is 6.26 Å². The van der Waals surface area contributed by atoms with Crippen LogP contribution in [0.25, 0.3) is 0 Å². The molecule has 0 aliphatic carbocycles. The topological polar surface area (TPSA) is 54.7 Å². The van der Waals surface area contributed by atoms with Gasteiger partial charge >= 0.3 is 0 Å². The Morgan fingerprint density at radius 1 is 1.28 bits per heavy atom. The minimum Gasteiger partial charge on any atom is -0.490 e. The van der Waals surface area contributed by atoms with Gasteiger partial charge < -0.3 is 14.5 Å². The van der Waals surface area contributed by atoms with Crippen molar-refractivity contribution in [3.8, 4) is 5.75 Å². The van der Waals surface area contributed by atoms with Crippen LogP contribution in [0.5, 0.6) is 5.75 Å². The molecule has 3 rings (SSSR count). The lowest BCUT2D eigenvalue weighted by atomic mass is 10.1. The Hall–Kier alpha value is -2.27. The minimum absolute atomic E-state index is 0.0327. The molecule has 1 aromatic heterocycles. The number of hydrogen-bond donors (Lipinski definition) is 1. The molecule has 1 fully saturated rings. The Morgan fingerprint density at radius 3 is 2.80 bits per heavy atom. The summed E-state index contributed by atoms with van der Waals surface area (Å²) in [5.41, 5.74) is 2.39. The van der Waals surface area contributed by atoms with Crippen LogP contribution in [0.2, 0.25) is 0 Å². The van der Waals surface area contributed by atoms with E-state index in [1.165, 1.54) is 11.1 Å². The van der Waals surface area contributed by atoms with Crippen molar-refractivity contribution >= 4 is 5.91 Å². The standard InChI is InChI=1S/C20H26N2O3/c1-15-5-6-16(2)19(12-15)25-17-7-9-22(10-8-17)14-20(23)21-13-18-4-3-11-24-18/h3-6,11-12,17H,7-10,13-14H2,1-2H3,(H,21,23). The molecule has 1 saturated heterocycles. The first-order valence-corrected chi connectivity index (χ1v) is 8.85. The van der Waals surface area contributed by atoms with Gasteiger partial charge in [-0.25, -0.2) is 0 Å². The van der Waals surface area contributed by atoms with E-state index in [9.17, 15) is 4.79 Å². The van der Waals surface area contributed by atoms with Gasteiger partial charge in [-0.15, -0.1) is 0 Å². The summed E-state index contributed by atoms with van der Waals surface area (Å²) in [6, 6.07) is 9.98. The molecule has 0 saturated carbocycles. The van der Waals surface area contributed by atoms with Crippen LogP contribution in [0.3, 0.4) is 0 Å². The third-order valence-corrected chi connectivity index (χ3v) is 4.58. The molecule has 1 aromatic carbocycles. The number of ether oxygens (including phenoxy) is 1. The van der Waals surface area contributed by atoms with Gasteiger partial charge in [-0.05, 0) is 56.0 Å². The second kappa shape index (κ2) is 8.21. The number of amides is 1. The highest BCUT2D eigenvalue weighted by atomic mass is 16.5. The molecule has 1 aliphatic heterocycles. The maximum Gasteiger partial charge on any atom is 0.234 e. The largest absolute Gasteiger partial charge is 0.490 e. The van der Waals surface area contributed by atoms with Crippen LogP contribution in [-0.2, 0) is 11.3 Å². The van der Waals surface area contributed by atoms with E-state index in [-0.39, 0.29) is 12.0 Å². The average Bonchev–Trinajstić information content (AvgIpc) is 3.12. The molecule has 2 aromatic rings. The van der Waals surface area contributed by atoms with E-state index in [0.29, 0.717) is 13.1 Å². The van der Waals surface area contributed by atoms with E-state index < -0.39 is 0 Å². The second-order valence-electron chi connectivity index (χ2n) is 6.72. The summed E-state index contributed by atoms with van der Waals surface area (Å²) in [6.45, 7) is 6.78. The second-order valence-corrected chi connectivity index (χ2v) is 6.72. The lowest BCUT2D eigenvalue weighted by Gasteiger charge is -2.32. The Labute approximate surface area is 149 Å². The van der Waals surface area contributed by atoms with Crippen LogP contribution >= 0.6 is 0 Å². The lowest BCUT2D eigenvalue weighted by molar-refractivity contribution is -0.123. The Morgan fingerprint density at radius 2 is 2.08 bits per heavy atom. The number of hydrogen-bond acceptors (Lipinski definition) is 4. The van der Waals surface area contributed by atoms with Crippen molar-refractivity contribution in [3.05, 3.63) is 53.5 Å². The van der Waals surface area contributed by atoms with Gasteiger partial charge in [-0.2, -0.15) is 0 Å². The van der Waals surface area contributed by atoms with Gasteiger partial charge in [0.1, 0.15) is 17.6 Å². The van der Waals surface area contributed by atoms with Gasteiger partial charge in [-0.3, -0.25) is 9.69 Å². The number of piperidine rings is 1. The van der Waals surface area contributed by atoms with E-state index in [0.717, 1.165) is 37.4 Å². The fourth-order valence-corrected chi connectivity index (χ4v) is 3.06. The predicted molar refractivity (Wildman–Crippen MR) is 96.6 cm³/mol. The number of nitrogens with one attached hydrogen (secondary N) is 1. The van der Waals surface area contributed by atoms with Crippen molar-refractivity contribution in [1.82, 2.24) is 10.2 Å². The van der Waals surface area contributed by atoms with Gasteiger partial charge in [0.15, 0.2) is 0 Å². The Kier molecular flexibility index (Phi) is 5.76. The highest BCUT2D eigenvalue weighted by Gasteiger charge is 2.22. The predicted octanol–water partition coefficient (Wildman–Crippen LogP) is 3.06. The maximum atomic E-state index is 12.0. The fraction of sp³-hybridized carbons (Fsp3) is 0.450. The molecule has 0 unspecified atom stereocenters. The SMILES string of the molecule is Cc1ccc(C)c(OC2CCN(CC(=O)NCc3ccco3)CC2)c1. The number of likely N-dealkylation sites (tertiary alicyclic amines) is 1. The molecular formula is C20H26N2O3. The first-order valence-electron chi connectivity index (χ1n) is 8.85. The monoisotopic (exact) mass is 342 g/mol. The summed E-state index contributed by atoms with van der Waals surface area (Å²) in [7, 11) is 0. The highest BCUT2D eigenvalue weighted by Crippen LogP contribution is 2.23. The van der Waals surface area contributed by atoms with Gasteiger partial charge in [0.25, 0.3) is 0 Å². The maximum absolute atomic E-state index is 12.0. The highest BCUT2D eigenvalue weighted by molar-refractivity contribution is 5.77. The summed E-state index contributed by atoms with van der Waals surface area (Å²) in [6.07, 6.45) is 3.72. The summed E-state index contributed by atoms with van der Waals surface area (Å²) in [4.78, 5) is 14.2. The van der Waals surface area contributed by atoms with Crippen molar-refractivity contribution in [2.24, 2.45) is 0 Å². The van der Waals surface area contributed by atoms with Gasteiger partial charge in [-0.1, -0.05) is 12.1 Å². The Bertz CT molecular complexity index is 689. The summed E-state index contributed by atoms with van der Waals surface area (Å²) < 4.78 is 11.4. The average molecular weight is 342 g/mol. The fourth-order valence-electron chi connectivity index (χ4n) is 3.06. The molecule has 2 heterocycles. The van der Waals surface area contributed by atoms with Crippen LogP contribution in [-0.4, -0.2) is 36.5 Å². The number of nitrogens with zero attached hydrogens (tertiary/aromatic N) is 1. The zero-order valence-electron chi connectivity index (χ0n) is 15.0. The molecule has 1 aliphatic rings. The first-order chi connectivity index (χ1) is 12.1. The quantitative estimate of drug-likeness (QED) is 0.877. The zero-order valence-corrected chi connectivity index (χ0v) is 15.0. The molecule has 1 N–H and O–H groups in total. The molecule has 0 atom stereocenters. The van der Waals surface area contributed by atoms with E-state index in [2.05, 4.69) is 42.3 Å². The molecule has 0 bridgehead atoms. The smallest absolute Gasteiger partial charge is 0.234 e. The summed E-state index contributed by atoms with van der Waals surface area (Å²) >= 11 is 0. The lowest BCUT2D eigenvalue weighted by Crippen LogP contribution is -2.43. The number of furan rings is 1. The molecule has 25 heavy (non-hydrogen) atoms. The minimum atomic E-state index is 0.0327. The summed E-state index contributed by atoms with van der Waals surface area (Å²) in [5, 5.41) is 2.89. The van der Waals surface area contributed by atoms with Gasteiger partial charge in [0, 0.05) is 13.1 Å². The van der Waals surface area contributed by atoms with E-state index in [1.807, 2.05) is 12.1 Å². The van der Waals surface area contributed by atoms with Crippen LogP contribution in [0.15, 0.2) is 41.0 Å². The van der Waals surface area contributed by atoms with Crippen molar-refractivity contribution in [1.29, 1.82) is 0 Å². The van der Waals surface area contributed by atoms with Crippen molar-refractivity contribution in [2.45, 2.75) is 39.3 Å². The molecule has 0 spiro atoms. The molecular weight excluding hydrogens is 316 g/mol. The molecule has 5 heteroatoms. The normalized spacial score (nSPS) is 15.9. The summed E-state index contributed by atoms with van der Waals surface area (Å²) in [5.74, 6) is 1.79. The molecule has 0 radical (unpaired) electrons. The number of rotatable bonds is 6. The van der Waals surface area contributed by atoms with Crippen LogP contribution in [0.4, 0.5) is 0 Å². The first kappa shape index (κ1) is 17.5. The van der Waals surface area contributed by atoms with Gasteiger partial charge in [0.05, 0.1) is 19.4 Å². The molecule has 1 amide bonds. The number of benzene rings is 1. The third kappa shape index (κ3) is 5.10. The van der Waals surface area contributed by atoms with Crippen molar-refractivity contribution in [3.63, 3.8) is 0 Å². The van der Waals surface area contributed by atoms with E-state index in [4.69, 9.17) is 9.15 Å². The number of aryl methyl sites for hydroxylation is 2. The molecule has 134 valence electrons. The van der Waals surface area contributed by atoms with Crippen LogP contribution < -0.4 is 10.1 Å². The zero-order chi connectivity index (χ0) is 17.6. The van der Waals surface area contributed by atoms with Crippen LogP contribution in [0, 0.1) is 13.8 Å². The van der Waals surface area contributed by atoms with Crippen molar-refractivity contribution < 1.29 is 13.9 Å². The number of carbonyl (C=O) groups is 1.